The van der Waals surface area contributed by atoms with E-state index in [0.717, 1.165) is 11.1 Å². The van der Waals surface area contributed by atoms with Crippen molar-refractivity contribution in [3.8, 4) is 5.75 Å². The van der Waals surface area contributed by atoms with Crippen LogP contribution in [0.3, 0.4) is 0 Å². The van der Waals surface area contributed by atoms with Gasteiger partial charge in [-0.25, -0.2) is 8.42 Å². The fraction of sp³-hybridized carbons (Fsp3) is 0.208. The van der Waals surface area contributed by atoms with Crippen LogP contribution in [-0.4, -0.2) is 38.8 Å². The topological polar surface area (TPSA) is 75.7 Å². The van der Waals surface area contributed by atoms with E-state index in [-0.39, 0.29) is 23.9 Å². The number of aryl methyl sites for hydroxylation is 1. The van der Waals surface area contributed by atoms with Gasteiger partial charge >= 0.3 is 0 Å². The number of hydrogen-bond acceptors (Lipinski definition) is 4. The van der Waals surface area contributed by atoms with Gasteiger partial charge in [-0.15, -0.1) is 0 Å². The number of nitrogens with zero attached hydrogens (tertiary/aromatic N) is 1. The molecule has 3 aromatic carbocycles. The summed E-state index contributed by atoms with van der Waals surface area (Å²) >= 11 is 0. The molecule has 0 heterocycles. The molecule has 3 rings (SSSR count). The Bertz CT molecular complexity index is 1110. The van der Waals surface area contributed by atoms with E-state index in [0.29, 0.717) is 17.9 Å². The second-order valence-corrected chi connectivity index (χ2v) is 9.05. The third-order valence-electron chi connectivity index (χ3n) is 4.93. The molecule has 0 saturated heterocycles. The molecule has 1 N–H and O–H groups in total. The van der Waals surface area contributed by atoms with Gasteiger partial charge in [0, 0.05) is 12.2 Å². The summed E-state index contributed by atoms with van der Waals surface area (Å²) in [7, 11) is -2.36. The van der Waals surface area contributed by atoms with Crippen molar-refractivity contribution in [2.45, 2.75) is 18.2 Å². The van der Waals surface area contributed by atoms with Crippen LogP contribution in [0.2, 0.25) is 0 Å². The fourth-order valence-electron chi connectivity index (χ4n) is 3.14. The van der Waals surface area contributed by atoms with Crippen molar-refractivity contribution in [1.82, 2.24) is 4.31 Å². The van der Waals surface area contributed by atoms with E-state index in [9.17, 15) is 13.2 Å². The van der Waals surface area contributed by atoms with E-state index < -0.39 is 10.0 Å². The van der Waals surface area contributed by atoms with E-state index in [4.69, 9.17) is 4.74 Å². The van der Waals surface area contributed by atoms with Gasteiger partial charge in [0.1, 0.15) is 5.75 Å². The molecular formula is C24H26N2O4S. The zero-order valence-corrected chi connectivity index (χ0v) is 18.4. The van der Waals surface area contributed by atoms with Gasteiger partial charge in [0.15, 0.2) is 0 Å². The van der Waals surface area contributed by atoms with E-state index in [2.05, 4.69) is 5.32 Å². The second-order valence-electron chi connectivity index (χ2n) is 7.11. The molecule has 0 aromatic heterocycles. The van der Waals surface area contributed by atoms with Gasteiger partial charge in [-0.3, -0.25) is 4.79 Å². The highest BCUT2D eigenvalue weighted by Crippen LogP contribution is 2.20. The first-order valence-corrected chi connectivity index (χ1v) is 11.4. The normalized spacial score (nSPS) is 11.3. The molecule has 0 bridgehead atoms. The number of hydrogen-bond donors (Lipinski definition) is 1. The molecule has 6 nitrogen and oxygen atoms in total. The molecule has 0 spiro atoms. The third-order valence-corrected chi connectivity index (χ3v) is 6.79. The predicted octanol–water partition coefficient (Wildman–Crippen LogP) is 3.88. The molecular weight excluding hydrogens is 412 g/mol. The van der Waals surface area contributed by atoms with Gasteiger partial charge < -0.3 is 10.1 Å². The van der Waals surface area contributed by atoms with Crippen molar-refractivity contribution >= 4 is 21.6 Å². The first-order chi connectivity index (χ1) is 14.9. The molecule has 162 valence electrons. The number of nitrogens with one attached hydrogen (secondary N) is 1. The molecule has 0 aliphatic rings. The Morgan fingerprint density at radius 3 is 2.23 bits per heavy atom. The molecule has 1 amide bonds. The molecule has 0 aliphatic heterocycles. The highest BCUT2D eigenvalue weighted by molar-refractivity contribution is 7.89. The minimum Gasteiger partial charge on any atom is -0.497 e. The average molecular weight is 439 g/mol. The fourth-order valence-corrected chi connectivity index (χ4v) is 4.54. The number of para-hydroxylation sites is 1. The third kappa shape index (κ3) is 5.93. The molecule has 0 atom stereocenters. The number of rotatable bonds is 9. The van der Waals surface area contributed by atoms with Crippen molar-refractivity contribution < 1.29 is 17.9 Å². The lowest BCUT2D eigenvalue weighted by Gasteiger charge is -2.22. The van der Waals surface area contributed by atoms with Crippen LogP contribution in [0, 0.1) is 6.92 Å². The average Bonchev–Trinajstić information content (AvgIpc) is 2.78. The van der Waals surface area contributed by atoms with E-state index in [1.54, 1.807) is 18.2 Å². The lowest BCUT2D eigenvalue weighted by atomic mass is 10.1. The number of amides is 1. The van der Waals surface area contributed by atoms with E-state index in [1.165, 1.54) is 23.5 Å². The Hall–Kier alpha value is -3.16. The Labute approximate surface area is 183 Å². The van der Waals surface area contributed by atoms with Gasteiger partial charge in [-0.1, -0.05) is 48.5 Å². The summed E-state index contributed by atoms with van der Waals surface area (Å²) in [5.74, 6) is 0.173. The molecule has 3 aromatic rings. The number of anilines is 1. The molecule has 0 aliphatic carbocycles. The maximum Gasteiger partial charge on any atom is 0.243 e. The number of methoxy groups -OCH3 is 1. The standard InChI is InChI=1S/C24H26N2O4S/c1-19-8-6-7-11-23(19)25-24(27)18-26(17-16-20-9-4-3-5-10-20)31(28,29)22-14-12-21(30-2)13-15-22/h3-15H,16-18H2,1-2H3,(H,25,27). The van der Waals surface area contributed by atoms with E-state index in [1.807, 2.05) is 55.5 Å². The minimum atomic E-state index is -3.88. The molecule has 7 heteroatoms. The van der Waals surface area contributed by atoms with Crippen molar-refractivity contribution in [3.05, 3.63) is 90.0 Å². The lowest BCUT2D eigenvalue weighted by Crippen LogP contribution is -2.39. The predicted molar refractivity (Wildman–Crippen MR) is 122 cm³/mol. The summed E-state index contributed by atoms with van der Waals surface area (Å²) in [5.41, 5.74) is 2.57. The first kappa shape index (κ1) is 22.5. The van der Waals surface area contributed by atoms with Crippen molar-refractivity contribution in [1.29, 1.82) is 0 Å². The van der Waals surface area contributed by atoms with Crippen LogP contribution >= 0.6 is 0 Å². The highest BCUT2D eigenvalue weighted by Gasteiger charge is 2.26. The van der Waals surface area contributed by atoms with E-state index >= 15 is 0 Å². The monoisotopic (exact) mass is 438 g/mol. The molecule has 0 saturated carbocycles. The summed E-state index contributed by atoms with van der Waals surface area (Å²) in [6.07, 6.45) is 0.494. The minimum absolute atomic E-state index is 0.116. The SMILES string of the molecule is COc1ccc(S(=O)(=O)N(CCc2ccccc2)CC(=O)Nc2ccccc2C)cc1. The van der Waals surface area contributed by atoms with Crippen LogP contribution in [0.1, 0.15) is 11.1 Å². The Morgan fingerprint density at radius 2 is 1.58 bits per heavy atom. The molecule has 0 radical (unpaired) electrons. The van der Waals surface area contributed by atoms with Crippen LogP contribution in [0.5, 0.6) is 5.75 Å². The zero-order valence-electron chi connectivity index (χ0n) is 17.6. The quantitative estimate of drug-likeness (QED) is 0.550. The molecule has 31 heavy (non-hydrogen) atoms. The van der Waals surface area contributed by atoms with Crippen molar-refractivity contribution in [2.75, 3.05) is 25.5 Å². The number of ether oxygens (including phenoxy) is 1. The second kappa shape index (κ2) is 10.2. The van der Waals surface area contributed by atoms with Gasteiger partial charge in [-0.05, 0) is 54.8 Å². The van der Waals surface area contributed by atoms with Gasteiger partial charge in [0.05, 0.1) is 18.6 Å². The summed E-state index contributed by atoms with van der Waals surface area (Å²) in [4.78, 5) is 12.8. The molecule has 0 fully saturated rings. The lowest BCUT2D eigenvalue weighted by molar-refractivity contribution is -0.116. The summed E-state index contributed by atoms with van der Waals surface area (Å²) in [6.45, 7) is 1.78. The number of benzene rings is 3. The van der Waals surface area contributed by atoms with Gasteiger partial charge in [0.2, 0.25) is 15.9 Å². The van der Waals surface area contributed by atoms with Crippen molar-refractivity contribution in [3.63, 3.8) is 0 Å². The van der Waals surface area contributed by atoms with Crippen LogP contribution in [0.4, 0.5) is 5.69 Å². The van der Waals surface area contributed by atoms with Gasteiger partial charge in [0.25, 0.3) is 0 Å². The number of sulfonamides is 1. The van der Waals surface area contributed by atoms with Crippen LogP contribution < -0.4 is 10.1 Å². The largest absolute Gasteiger partial charge is 0.497 e. The van der Waals surface area contributed by atoms with Crippen LogP contribution in [0.25, 0.3) is 0 Å². The highest BCUT2D eigenvalue weighted by atomic mass is 32.2. The Kier molecular flexibility index (Phi) is 7.44. The zero-order chi connectivity index (χ0) is 22.3. The molecule has 0 unspecified atom stereocenters. The summed E-state index contributed by atoms with van der Waals surface area (Å²) in [5, 5.41) is 2.82. The number of carbonyl (C=O) groups is 1. The van der Waals surface area contributed by atoms with Crippen molar-refractivity contribution in [2.24, 2.45) is 0 Å². The van der Waals surface area contributed by atoms with Crippen LogP contribution in [-0.2, 0) is 21.2 Å². The summed E-state index contributed by atoms with van der Waals surface area (Å²) in [6, 6.07) is 23.1. The number of carbonyl (C=O) groups excluding carboxylic acids is 1. The summed E-state index contributed by atoms with van der Waals surface area (Å²) < 4.78 is 33.0. The Balaban J connectivity index is 1.82. The van der Waals surface area contributed by atoms with Gasteiger partial charge in [-0.2, -0.15) is 4.31 Å². The van der Waals surface area contributed by atoms with Crippen LogP contribution in [0.15, 0.2) is 83.8 Å². The first-order valence-electron chi connectivity index (χ1n) is 9.94. The maximum atomic E-state index is 13.3. The Morgan fingerprint density at radius 1 is 0.935 bits per heavy atom. The smallest absolute Gasteiger partial charge is 0.243 e. The maximum absolute atomic E-state index is 13.3.